The van der Waals surface area contributed by atoms with Crippen molar-refractivity contribution < 1.29 is 9.18 Å². The van der Waals surface area contributed by atoms with Crippen molar-refractivity contribution >= 4 is 11.5 Å². The van der Waals surface area contributed by atoms with Crippen LogP contribution in [0.1, 0.15) is 10.4 Å². The molecular weight excluding hydrogens is 159 g/mol. The lowest BCUT2D eigenvalue weighted by Gasteiger charge is -2.00. The molecule has 0 unspecified atom stereocenters. The summed E-state index contributed by atoms with van der Waals surface area (Å²) in [6, 6.07) is 3.82. The number of carbonyl (C=O) groups excluding carboxylic acids is 1. The number of Topliss-reactive ketones (excluding diaryl/α,β-unsaturated/α-hetero) is 1. The highest BCUT2D eigenvalue weighted by atomic mass is 19.1. The highest BCUT2D eigenvalue weighted by Gasteiger charge is 2.09. The minimum absolute atomic E-state index is 0.0440. The molecule has 0 aliphatic carbocycles. The third kappa shape index (κ3) is 1.60. The maximum atomic E-state index is 12.9. The minimum atomic E-state index is -0.584. The van der Waals surface area contributed by atoms with Gasteiger partial charge in [0.2, 0.25) is 0 Å². The SMILES string of the molecule is NCC(=O)c1cc(N)ccc1F. The van der Waals surface area contributed by atoms with E-state index in [4.69, 9.17) is 11.5 Å². The molecule has 0 amide bonds. The summed E-state index contributed by atoms with van der Waals surface area (Å²) in [5, 5.41) is 0. The highest BCUT2D eigenvalue weighted by Crippen LogP contribution is 2.11. The zero-order valence-corrected chi connectivity index (χ0v) is 6.38. The van der Waals surface area contributed by atoms with E-state index in [1.165, 1.54) is 12.1 Å². The van der Waals surface area contributed by atoms with Crippen LogP contribution in [0.25, 0.3) is 0 Å². The monoisotopic (exact) mass is 168 g/mol. The number of nitrogens with two attached hydrogens (primary N) is 2. The Morgan fingerprint density at radius 1 is 1.50 bits per heavy atom. The predicted octanol–water partition coefficient (Wildman–Crippen LogP) is 0.549. The molecule has 64 valence electrons. The normalized spacial score (nSPS) is 9.83. The van der Waals surface area contributed by atoms with Crippen molar-refractivity contribution in [2.24, 2.45) is 5.73 Å². The van der Waals surface area contributed by atoms with Gasteiger partial charge in [-0.3, -0.25) is 4.79 Å². The largest absolute Gasteiger partial charge is 0.399 e. The Balaban J connectivity index is 3.13. The summed E-state index contributed by atoms with van der Waals surface area (Å²) < 4.78 is 12.9. The summed E-state index contributed by atoms with van der Waals surface area (Å²) in [6.45, 7) is -0.208. The molecule has 0 bridgehead atoms. The summed E-state index contributed by atoms with van der Waals surface area (Å²) >= 11 is 0. The number of benzene rings is 1. The van der Waals surface area contributed by atoms with E-state index in [2.05, 4.69) is 0 Å². The quantitative estimate of drug-likeness (QED) is 0.500. The molecule has 0 atom stereocenters. The molecule has 0 spiro atoms. The van der Waals surface area contributed by atoms with Crippen LogP contribution in [0.2, 0.25) is 0 Å². The maximum Gasteiger partial charge on any atom is 0.179 e. The van der Waals surface area contributed by atoms with Crippen molar-refractivity contribution in [2.75, 3.05) is 12.3 Å². The molecule has 0 saturated carbocycles. The smallest absolute Gasteiger partial charge is 0.179 e. The fourth-order valence-corrected chi connectivity index (χ4v) is 0.867. The second-order valence-corrected chi connectivity index (χ2v) is 2.37. The van der Waals surface area contributed by atoms with Crippen LogP contribution >= 0.6 is 0 Å². The van der Waals surface area contributed by atoms with Gasteiger partial charge in [-0.2, -0.15) is 0 Å². The van der Waals surface area contributed by atoms with Crippen molar-refractivity contribution in [3.05, 3.63) is 29.6 Å². The van der Waals surface area contributed by atoms with Crippen LogP contribution in [0.4, 0.5) is 10.1 Å². The van der Waals surface area contributed by atoms with Gasteiger partial charge in [0, 0.05) is 5.69 Å². The first-order valence-electron chi connectivity index (χ1n) is 3.43. The van der Waals surface area contributed by atoms with Gasteiger partial charge >= 0.3 is 0 Å². The lowest BCUT2D eigenvalue weighted by molar-refractivity contribution is 0.0997. The van der Waals surface area contributed by atoms with Gasteiger partial charge in [-0.1, -0.05) is 0 Å². The van der Waals surface area contributed by atoms with Crippen molar-refractivity contribution in [1.82, 2.24) is 0 Å². The molecule has 3 nitrogen and oxygen atoms in total. The first-order valence-corrected chi connectivity index (χ1v) is 3.43. The number of carbonyl (C=O) groups is 1. The minimum Gasteiger partial charge on any atom is -0.399 e. The van der Waals surface area contributed by atoms with Gasteiger partial charge in [-0.15, -0.1) is 0 Å². The zero-order chi connectivity index (χ0) is 9.14. The van der Waals surface area contributed by atoms with Gasteiger partial charge in [0.1, 0.15) is 5.82 Å². The number of nitrogen functional groups attached to an aromatic ring is 1. The molecular formula is C8H9FN2O. The van der Waals surface area contributed by atoms with Crippen LogP contribution in [-0.4, -0.2) is 12.3 Å². The topological polar surface area (TPSA) is 69.1 Å². The Kier molecular flexibility index (Phi) is 2.40. The van der Waals surface area contributed by atoms with Gasteiger partial charge in [-0.25, -0.2) is 4.39 Å². The molecule has 0 aliphatic rings. The molecule has 4 heteroatoms. The molecule has 0 fully saturated rings. The van der Waals surface area contributed by atoms with Gasteiger partial charge in [0.15, 0.2) is 5.78 Å². The van der Waals surface area contributed by atoms with Crippen LogP contribution in [-0.2, 0) is 0 Å². The van der Waals surface area contributed by atoms with E-state index in [0.717, 1.165) is 6.07 Å². The number of halogens is 1. The van der Waals surface area contributed by atoms with Crippen LogP contribution < -0.4 is 11.5 Å². The number of anilines is 1. The molecule has 0 heterocycles. The molecule has 0 aliphatic heterocycles. The fraction of sp³-hybridized carbons (Fsp3) is 0.125. The molecule has 1 aromatic carbocycles. The summed E-state index contributed by atoms with van der Waals surface area (Å²) in [5.41, 5.74) is 10.7. The Labute approximate surface area is 69.2 Å². The van der Waals surface area contributed by atoms with E-state index < -0.39 is 11.6 Å². The average Bonchev–Trinajstić information content (AvgIpc) is 2.08. The molecule has 1 rings (SSSR count). The average molecular weight is 168 g/mol. The molecule has 1 aromatic rings. The third-order valence-corrected chi connectivity index (χ3v) is 1.48. The molecule has 0 saturated heterocycles. The van der Waals surface area contributed by atoms with E-state index in [0.29, 0.717) is 5.69 Å². The Bertz CT molecular complexity index is 312. The highest BCUT2D eigenvalue weighted by molar-refractivity contribution is 5.98. The van der Waals surface area contributed by atoms with Crippen molar-refractivity contribution in [1.29, 1.82) is 0 Å². The number of ketones is 1. The summed E-state index contributed by atoms with van der Waals surface area (Å²) in [7, 11) is 0. The van der Waals surface area contributed by atoms with Gasteiger partial charge in [-0.05, 0) is 18.2 Å². The first kappa shape index (κ1) is 8.67. The Hall–Kier alpha value is -1.42. The maximum absolute atomic E-state index is 12.9. The standard InChI is InChI=1S/C8H9FN2O/c9-7-2-1-5(11)3-6(7)8(12)4-10/h1-3H,4,10-11H2. The molecule has 4 N–H and O–H groups in total. The first-order chi connectivity index (χ1) is 5.65. The summed E-state index contributed by atoms with van der Waals surface area (Å²) in [5.74, 6) is -1.03. The zero-order valence-electron chi connectivity index (χ0n) is 6.38. The van der Waals surface area contributed by atoms with Crippen molar-refractivity contribution in [3.8, 4) is 0 Å². The van der Waals surface area contributed by atoms with Gasteiger partial charge in [0.05, 0.1) is 12.1 Å². The van der Waals surface area contributed by atoms with E-state index in [1.54, 1.807) is 0 Å². The van der Waals surface area contributed by atoms with E-state index >= 15 is 0 Å². The molecule has 12 heavy (non-hydrogen) atoms. The second kappa shape index (κ2) is 3.32. The third-order valence-electron chi connectivity index (χ3n) is 1.48. The predicted molar refractivity (Wildman–Crippen MR) is 44.2 cm³/mol. The van der Waals surface area contributed by atoms with Crippen molar-refractivity contribution in [2.45, 2.75) is 0 Å². The Morgan fingerprint density at radius 3 is 2.75 bits per heavy atom. The Morgan fingerprint density at radius 2 is 2.17 bits per heavy atom. The summed E-state index contributed by atoms with van der Waals surface area (Å²) in [6.07, 6.45) is 0. The van der Waals surface area contributed by atoms with Crippen LogP contribution in [0.5, 0.6) is 0 Å². The summed E-state index contributed by atoms with van der Waals surface area (Å²) in [4.78, 5) is 11.0. The van der Waals surface area contributed by atoms with Crippen LogP contribution in [0.15, 0.2) is 18.2 Å². The lowest BCUT2D eigenvalue weighted by atomic mass is 10.1. The second-order valence-electron chi connectivity index (χ2n) is 2.37. The van der Waals surface area contributed by atoms with Crippen LogP contribution in [0, 0.1) is 5.82 Å². The number of hydrogen-bond donors (Lipinski definition) is 2. The van der Waals surface area contributed by atoms with Crippen LogP contribution in [0.3, 0.4) is 0 Å². The van der Waals surface area contributed by atoms with E-state index in [-0.39, 0.29) is 12.1 Å². The number of rotatable bonds is 2. The molecule has 0 aromatic heterocycles. The number of hydrogen-bond acceptors (Lipinski definition) is 3. The lowest BCUT2D eigenvalue weighted by Crippen LogP contribution is -2.15. The fourth-order valence-electron chi connectivity index (χ4n) is 0.867. The molecule has 0 radical (unpaired) electrons. The van der Waals surface area contributed by atoms with E-state index in [1.807, 2.05) is 0 Å². The van der Waals surface area contributed by atoms with Crippen molar-refractivity contribution in [3.63, 3.8) is 0 Å². The van der Waals surface area contributed by atoms with E-state index in [9.17, 15) is 9.18 Å². The van der Waals surface area contributed by atoms with Gasteiger partial charge in [0.25, 0.3) is 0 Å². The van der Waals surface area contributed by atoms with Gasteiger partial charge < -0.3 is 11.5 Å².